The molecule has 0 saturated heterocycles. The van der Waals surface area contributed by atoms with Crippen LogP contribution in [0.15, 0.2) is 76.7 Å². The first-order valence-electron chi connectivity index (χ1n) is 10.6. The zero-order valence-corrected chi connectivity index (χ0v) is 17.5. The molecule has 5 nitrogen and oxygen atoms in total. The maximum absolute atomic E-state index is 6.19. The molecule has 0 amide bonds. The van der Waals surface area contributed by atoms with Gasteiger partial charge in [0.05, 0.1) is 30.3 Å². The van der Waals surface area contributed by atoms with E-state index >= 15 is 0 Å². The molecule has 30 heavy (non-hydrogen) atoms. The van der Waals surface area contributed by atoms with E-state index in [1.807, 2.05) is 31.0 Å². The van der Waals surface area contributed by atoms with Gasteiger partial charge < -0.3 is 4.74 Å². The molecule has 5 heteroatoms. The van der Waals surface area contributed by atoms with Gasteiger partial charge in [-0.25, -0.2) is 10.0 Å². The van der Waals surface area contributed by atoms with Crippen LogP contribution in [0, 0.1) is 13.8 Å². The van der Waals surface area contributed by atoms with Crippen molar-refractivity contribution in [3.05, 3.63) is 83.5 Å². The maximum Gasteiger partial charge on any atom is 0.225 e. The van der Waals surface area contributed by atoms with Gasteiger partial charge >= 0.3 is 0 Å². The van der Waals surface area contributed by atoms with Crippen LogP contribution in [0.4, 0.5) is 5.69 Å². The van der Waals surface area contributed by atoms with Gasteiger partial charge in [-0.15, -0.1) is 4.59 Å². The molecular formula is C25H27N4O+. The van der Waals surface area contributed by atoms with Crippen molar-refractivity contribution in [2.45, 2.75) is 45.8 Å². The van der Waals surface area contributed by atoms with Crippen LogP contribution in [-0.2, 0) is 6.61 Å². The van der Waals surface area contributed by atoms with Crippen LogP contribution >= 0.6 is 0 Å². The molecule has 2 aromatic rings. The van der Waals surface area contributed by atoms with E-state index in [4.69, 9.17) is 4.74 Å². The van der Waals surface area contributed by atoms with Crippen molar-refractivity contribution in [2.75, 3.05) is 5.01 Å². The number of hydrogen-bond donors (Lipinski definition) is 0. The van der Waals surface area contributed by atoms with E-state index in [0.29, 0.717) is 17.2 Å². The number of nitrogens with zero attached hydrogens (tertiary/aromatic N) is 4. The molecule has 0 radical (unpaired) electrons. The lowest BCUT2D eigenvalue weighted by Gasteiger charge is -2.46. The predicted octanol–water partition coefficient (Wildman–Crippen LogP) is 5.41. The Hall–Kier alpha value is -3.18. The normalized spacial score (nSPS) is 21.9. The Morgan fingerprint density at radius 2 is 1.90 bits per heavy atom. The van der Waals surface area contributed by atoms with Gasteiger partial charge in [0, 0.05) is 6.07 Å². The summed E-state index contributed by atoms with van der Waals surface area (Å²) in [6.45, 7) is 4.81. The number of benzene rings is 2. The summed E-state index contributed by atoms with van der Waals surface area (Å²) in [7, 11) is 0. The molecule has 152 valence electrons. The van der Waals surface area contributed by atoms with Gasteiger partial charge in [-0.2, -0.15) is 0 Å². The van der Waals surface area contributed by atoms with E-state index in [1.165, 1.54) is 36.0 Å². The number of rotatable bonds is 6. The minimum atomic E-state index is 0.462. The molecule has 2 heterocycles. The van der Waals surface area contributed by atoms with E-state index in [-0.39, 0.29) is 0 Å². The van der Waals surface area contributed by atoms with Gasteiger partial charge in [0.2, 0.25) is 12.0 Å². The second-order valence-electron chi connectivity index (χ2n) is 8.34. The van der Waals surface area contributed by atoms with Gasteiger partial charge in [-0.1, -0.05) is 35.4 Å². The van der Waals surface area contributed by atoms with Crippen LogP contribution in [0.3, 0.4) is 0 Å². The SMILES string of the molecule is Cc1cc(C)cc(COc2cccc(N(C3CCC3)[N+]34C=CN=CC3=CN=C4)c2)c1. The lowest BCUT2D eigenvalue weighted by Crippen LogP contribution is -2.61. The minimum Gasteiger partial charge on any atom is -0.489 e. The molecule has 0 aromatic heterocycles. The van der Waals surface area contributed by atoms with E-state index in [1.54, 1.807) is 0 Å². The number of fused-ring (bicyclic) bond motifs is 1. The van der Waals surface area contributed by atoms with Crippen molar-refractivity contribution in [3.63, 3.8) is 0 Å². The number of aliphatic imine (C=N–C) groups is 2. The molecule has 2 aromatic carbocycles. The Labute approximate surface area is 177 Å². The second kappa shape index (κ2) is 7.58. The lowest BCUT2D eigenvalue weighted by molar-refractivity contribution is -0.746. The summed E-state index contributed by atoms with van der Waals surface area (Å²) >= 11 is 0. The van der Waals surface area contributed by atoms with Crippen LogP contribution in [0.2, 0.25) is 0 Å². The first kappa shape index (κ1) is 18.8. The molecule has 0 spiro atoms. The topological polar surface area (TPSA) is 37.2 Å². The first-order valence-corrected chi connectivity index (χ1v) is 10.6. The van der Waals surface area contributed by atoms with Gasteiger partial charge in [0.25, 0.3) is 0 Å². The third-order valence-electron chi connectivity index (χ3n) is 6.00. The molecule has 3 aliphatic rings. The van der Waals surface area contributed by atoms with Crippen molar-refractivity contribution >= 4 is 18.2 Å². The Morgan fingerprint density at radius 1 is 1.07 bits per heavy atom. The standard InChI is InChI=1S/C25H27N4O/c1-19-11-20(2)13-21(12-19)17-30-25-8-4-7-23(14-25)28(22-5-3-6-22)29-10-9-26-15-24(29)16-27-18-29/h4,7-16,18,22H,3,5-6,17H2,1-2H3/q+1. The molecule has 0 bridgehead atoms. The first-order chi connectivity index (χ1) is 14.6. The number of allylic oxidation sites excluding steroid dienone is 1. The van der Waals surface area contributed by atoms with Crippen molar-refractivity contribution < 1.29 is 9.33 Å². The van der Waals surface area contributed by atoms with Crippen LogP contribution in [-0.4, -0.2) is 23.2 Å². The van der Waals surface area contributed by atoms with Crippen LogP contribution < -0.4 is 9.75 Å². The van der Waals surface area contributed by atoms with Crippen molar-refractivity contribution in [1.29, 1.82) is 0 Å². The highest BCUT2D eigenvalue weighted by Crippen LogP contribution is 2.40. The predicted molar refractivity (Wildman–Crippen MR) is 121 cm³/mol. The van der Waals surface area contributed by atoms with Crippen LogP contribution in [0.1, 0.15) is 36.0 Å². The molecule has 1 fully saturated rings. The fourth-order valence-corrected chi connectivity index (χ4v) is 4.47. The second-order valence-corrected chi connectivity index (χ2v) is 8.34. The Morgan fingerprint density at radius 3 is 2.67 bits per heavy atom. The van der Waals surface area contributed by atoms with Crippen LogP contribution in [0.25, 0.3) is 0 Å². The molecule has 5 rings (SSSR count). The summed E-state index contributed by atoms with van der Waals surface area (Å²) in [5, 5.41) is 2.44. The minimum absolute atomic E-state index is 0.462. The van der Waals surface area contributed by atoms with Crippen LogP contribution in [0.5, 0.6) is 5.75 Å². The highest BCUT2D eigenvalue weighted by molar-refractivity contribution is 5.82. The molecule has 0 N–H and O–H groups in total. The lowest BCUT2D eigenvalue weighted by atomic mass is 9.91. The Kier molecular flexibility index (Phi) is 4.75. The molecule has 1 atom stereocenters. The number of ether oxygens (including phenoxy) is 1. The average molecular weight is 400 g/mol. The van der Waals surface area contributed by atoms with Gasteiger partial charge in [0.15, 0.2) is 6.20 Å². The van der Waals surface area contributed by atoms with E-state index in [2.05, 4.69) is 71.4 Å². The zero-order chi connectivity index (χ0) is 20.6. The summed E-state index contributed by atoms with van der Waals surface area (Å²) in [6.07, 6.45) is 13.4. The van der Waals surface area contributed by atoms with E-state index in [9.17, 15) is 0 Å². The van der Waals surface area contributed by atoms with Crippen molar-refractivity contribution in [3.8, 4) is 5.75 Å². The Bertz CT molecular complexity index is 1060. The van der Waals surface area contributed by atoms with Gasteiger partial charge in [-0.05, 0) is 50.8 Å². The molecular weight excluding hydrogens is 372 g/mol. The number of hydrogen-bond acceptors (Lipinski definition) is 4. The summed E-state index contributed by atoms with van der Waals surface area (Å²) in [4.78, 5) is 8.79. The third kappa shape index (κ3) is 3.35. The quantitative estimate of drug-likeness (QED) is 0.609. The van der Waals surface area contributed by atoms with Crippen molar-refractivity contribution in [2.24, 2.45) is 9.98 Å². The number of quaternary nitrogens is 1. The molecule has 1 aliphatic carbocycles. The largest absolute Gasteiger partial charge is 0.489 e. The summed E-state index contributed by atoms with van der Waals surface area (Å²) < 4.78 is 6.66. The summed E-state index contributed by atoms with van der Waals surface area (Å²) in [6, 6.07) is 15.4. The summed E-state index contributed by atoms with van der Waals surface area (Å²) in [5.74, 6) is 0.880. The smallest absolute Gasteiger partial charge is 0.225 e. The summed E-state index contributed by atoms with van der Waals surface area (Å²) in [5.41, 5.74) is 5.92. The highest BCUT2D eigenvalue weighted by Gasteiger charge is 2.46. The fraction of sp³-hybridized carbons (Fsp3) is 0.280. The third-order valence-corrected chi connectivity index (χ3v) is 6.00. The monoisotopic (exact) mass is 399 g/mol. The average Bonchev–Trinajstić information content (AvgIpc) is 3.13. The number of aryl methyl sites for hydroxylation is 2. The molecule has 1 saturated carbocycles. The highest BCUT2D eigenvalue weighted by atomic mass is 16.5. The molecule has 2 aliphatic heterocycles. The maximum atomic E-state index is 6.19. The van der Waals surface area contributed by atoms with E-state index in [0.717, 1.165) is 17.1 Å². The number of anilines is 1. The molecule has 1 unspecified atom stereocenters. The van der Waals surface area contributed by atoms with E-state index < -0.39 is 0 Å². The zero-order valence-electron chi connectivity index (χ0n) is 17.5. The van der Waals surface area contributed by atoms with Gasteiger partial charge in [0.1, 0.15) is 12.4 Å². The van der Waals surface area contributed by atoms with Crippen molar-refractivity contribution in [1.82, 2.24) is 0 Å². The van der Waals surface area contributed by atoms with Gasteiger partial charge in [-0.3, -0.25) is 4.99 Å². The Balaban J connectivity index is 1.44. The fourth-order valence-electron chi connectivity index (χ4n) is 4.47.